The van der Waals surface area contributed by atoms with E-state index in [2.05, 4.69) is 5.32 Å². The first kappa shape index (κ1) is 15.7. The number of hydrogen-bond donors (Lipinski definition) is 3. The minimum absolute atomic E-state index is 0.589. The Morgan fingerprint density at radius 1 is 1.30 bits per heavy atom. The summed E-state index contributed by atoms with van der Waals surface area (Å²) in [5, 5.41) is 20.3. The molecule has 0 saturated heterocycles. The Hall–Kier alpha value is -2.34. The molecule has 0 unspecified atom stereocenters. The van der Waals surface area contributed by atoms with Crippen molar-refractivity contribution in [2.24, 2.45) is 0 Å². The van der Waals surface area contributed by atoms with Gasteiger partial charge in [0.05, 0.1) is 13.2 Å². The van der Waals surface area contributed by atoms with Crippen LogP contribution in [0, 0.1) is 0 Å². The van der Waals surface area contributed by atoms with Gasteiger partial charge >= 0.3 is 5.97 Å². The van der Waals surface area contributed by atoms with Gasteiger partial charge in [0, 0.05) is 6.08 Å². The summed E-state index contributed by atoms with van der Waals surface area (Å²) in [6.45, 7) is 1.30. The third kappa shape index (κ3) is 4.74. The van der Waals surface area contributed by atoms with E-state index in [9.17, 15) is 14.7 Å². The Labute approximate surface area is 116 Å². The highest BCUT2D eigenvalue weighted by Crippen LogP contribution is 2.12. The van der Waals surface area contributed by atoms with Crippen LogP contribution >= 0.6 is 0 Å². The summed E-state index contributed by atoms with van der Waals surface area (Å²) in [6.07, 6.45) is 1.57. The van der Waals surface area contributed by atoms with Crippen LogP contribution in [0.3, 0.4) is 0 Å². The molecule has 0 aliphatic rings. The third-order valence-electron chi connectivity index (χ3n) is 2.59. The summed E-state index contributed by atoms with van der Waals surface area (Å²) < 4.78 is 5.00. The zero-order valence-corrected chi connectivity index (χ0v) is 11.2. The van der Waals surface area contributed by atoms with E-state index >= 15 is 0 Å². The molecule has 108 valence electrons. The molecule has 2 atom stereocenters. The zero-order valence-electron chi connectivity index (χ0n) is 11.2. The summed E-state index contributed by atoms with van der Waals surface area (Å²) in [6, 6.07) is 5.67. The quantitative estimate of drug-likeness (QED) is 0.665. The predicted molar refractivity (Wildman–Crippen MR) is 73.3 cm³/mol. The molecular weight excluding hydrogens is 262 g/mol. The van der Waals surface area contributed by atoms with Crippen LogP contribution in [0.1, 0.15) is 12.5 Å². The second kappa shape index (κ2) is 7.30. The molecule has 1 rings (SSSR count). The van der Waals surface area contributed by atoms with Crippen LogP contribution < -0.4 is 10.1 Å². The number of carboxylic acid groups (broad SMARTS) is 1. The van der Waals surface area contributed by atoms with E-state index in [1.807, 2.05) is 0 Å². The number of amides is 1. The third-order valence-corrected chi connectivity index (χ3v) is 2.59. The molecule has 1 aromatic rings. The fourth-order valence-corrected chi connectivity index (χ4v) is 1.48. The van der Waals surface area contributed by atoms with Gasteiger partial charge in [-0.05, 0) is 30.7 Å². The average Bonchev–Trinajstić information content (AvgIpc) is 2.42. The van der Waals surface area contributed by atoms with Gasteiger partial charge in [0.25, 0.3) is 0 Å². The summed E-state index contributed by atoms with van der Waals surface area (Å²) in [5.74, 6) is -1.17. The summed E-state index contributed by atoms with van der Waals surface area (Å²) in [7, 11) is 1.56. The van der Waals surface area contributed by atoms with E-state index in [0.717, 1.165) is 5.56 Å². The minimum atomic E-state index is -1.33. The number of nitrogens with one attached hydrogen (secondary N) is 1. The normalized spacial score (nSPS) is 13.8. The molecule has 6 heteroatoms. The van der Waals surface area contributed by atoms with Crippen LogP contribution in [0.25, 0.3) is 6.08 Å². The van der Waals surface area contributed by atoms with Gasteiger partial charge in [-0.1, -0.05) is 12.1 Å². The number of carboxylic acids is 1. The van der Waals surface area contributed by atoms with Crippen molar-refractivity contribution < 1.29 is 24.5 Å². The van der Waals surface area contributed by atoms with E-state index in [-0.39, 0.29) is 0 Å². The van der Waals surface area contributed by atoms with Gasteiger partial charge in [-0.2, -0.15) is 0 Å². The number of aliphatic hydroxyl groups excluding tert-OH is 1. The van der Waals surface area contributed by atoms with Gasteiger partial charge < -0.3 is 20.3 Å². The Bertz CT molecular complexity index is 493. The first-order valence-electron chi connectivity index (χ1n) is 5.97. The van der Waals surface area contributed by atoms with Crippen LogP contribution in [0.15, 0.2) is 30.3 Å². The Morgan fingerprint density at radius 3 is 2.35 bits per heavy atom. The maximum Gasteiger partial charge on any atom is 0.328 e. The second-order valence-corrected chi connectivity index (χ2v) is 4.17. The number of carbonyl (C=O) groups is 2. The van der Waals surface area contributed by atoms with Gasteiger partial charge in [0.15, 0.2) is 6.04 Å². The van der Waals surface area contributed by atoms with Crippen LogP contribution in [0.2, 0.25) is 0 Å². The molecule has 0 radical (unpaired) electrons. The van der Waals surface area contributed by atoms with E-state index in [1.165, 1.54) is 19.1 Å². The molecule has 1 aromatic carbocycles. The predicted octanol–water partition coefficient (Wildman–Crippen LogP) is 0.659. The van der Waals surface area contributed by atoms with Crippen molar-refractivity contribution in [3.8, 4) is 5.75 Å². The maximum atomic E-state index is 11.6. The summed E-state index contributed by atoms with van der Waals surface area (Å²) in [5.41, 5.74) is 0.768. The number of ether oxygens (including phenoxy) is 1. The lowest BCUT2D eigenvalue weighted by Gasteiger charge is -2.15. The topological polar surface area (TPSA) is 95.9 Å². The van der Waals surface area contributed by atoms with Crippen molar-refractivity contribution in [2.45, 2.75) is 19.1 Å². The number of aliphatic hydroxyl groups is 1. The molecule has 6 nitrogen and oxygen atoms in total. The number of methoxy groups -OCH3 is 1. The fourth-order valence-electron chi connectivity index (χ4n) is 1.48. The first-order chi connectivity index (χ1) is 9.43. The zero-order chi connectivity index (χ0) is 15.1. The van der Waals surface area contributed by atoms with Crippen molar-refractivity contribution in [3.05, 3.63) is 35.9 Å². The first-order valence-corrected chi connectivity index (χ1v) is 5.97. The molecule has 0 aliphatic carbocycles. The second-order valence-electron chi connectivity index (χ2n) is 4.17. The van der Waals surface area contributed by atoms with Crippen molar-refractivity contribution in [3.63, 3.8) is 0 Å². The molecule has 0 aromatic heterocycles. The number of aliphatic carboxylic acids is 1. The van der Waals surface area contributed by atoms with Crippen molar-refractivity contribution in [1.29, 1.82) is 0 Å². The van der Waals surface area contributed by atoms with Gasteiger partial charge in [0.2, 0.25) is 5.91 Å². The smallest absolute Gasteiger partial charge is 0.328 e. The summed E-state index contributed by atoms with van der Waals surface area (Å²) in [4.78, 5) is 22.4. The largest absolute Gasteiger partial charge is 0.497 e. The highest BCUT2D eigenvalue weighted by molar-refractivity contribution is 5.94. The van der Waals surface area contributed by atoms with E-state index in [4.69, 9.17) is 9.84 Å². The van der Waals surface area contributed by atoms with Gasteiger partial charge in [-0.15, -0.1) is 0 Å². The van der Waals surface area contributed by atoms with Crippen LogP contribution in [0.5, 0.6) is 5.75 Å². The number of benzene rings is 1. The molecule has 0 spiro atoms. The molecule has 0 heterocycles. The number of rotatable bonds is 6. The molecule has 0 aliphatic heterocycles. The van der Waals surface area contributed by atoms with Gasteiger partial charge in [-0.3, -0.25) is 4.79 Å². The van der Waals surface area contributed by atoms with E-state index in [0.29, 0.717) is 5.75 Å². The lowest BCUT2D eigenvalue weighted by molar-refractivity contribution is -0.144. The monoisotopic (exact) mass is 279 g/mol. The molecule has 20 heavy (non-hydrogen) atoms. The Morgan fingerprint density at radius 2 is 1.90 bits per heavy atom. The van der Waals surface area contributed by atoms with E-state index in [1.54, 1.807) is 31.4 Å². The van der Waals surface area contributed by atoms with Gasteiger partial charge in [-0.25, -0.2) is 4.79 Å². The fraction of sp³-hybridized carbons (Fsp3) is 0.286. The SMILES string of the molecule is COc1ccc(/C=C/C(=O)N[C@H](C(=O)O)[C@@H](C)O)cc1. The maximum absolute atomic E-state index is 11.6. The van der Waals surface area contributed by atoms with E-state index < -0.39 is 24.0 Å². The standard InChI is InChI=1S/C14H17NO5/c1-9(16)13(14(18)19)15-12(17)8-5-10-3-6-11(20-2)7-4-10/h3-9,13,16H,1-2H3,(H,15,17)(H,18,19)/b8-5+/t9-,13+/m1/s1. The lowest BCUT2D eigenvalue weighted by atomic mass is 10.1. The van der Waals surface area contributed by atoms with Crippen molar-refractivity contribution in [1.82, 2.24) is 5.32 Å². The van der Waals surface area contributed by atoms with Crippen molar-refractivity contribution >= 4 is 18.0 Å². The Balaban J connectivity index is 2.64. The van der Waals surface area contributed by atoms with Crippen LogP contribution in [-0.4, -0.2) is 41.3 Å². The summed E-state index contributed by atoms with van der Waals surface area (Å²) >= 11 is 0. The van der Waals surface area contributed by atoms with Crippen LogP contribution in [-0.2, 0) is 9.59 Å². The molecule has 3 N–H and O–H groups in total. The molecule has 1 amide bonds. The Kier molecular flexibility index (Phi) is 5.74. The number of carbonyl (C=O) groups excluding carboxylic acids is 1. The average molecular weight is 279 g/mol. The lowest BCUT2D eigenvalue weighted by Crippen LogP contribution is -2.47. The molecular formula is C14H17NO5. The highest BCUT2D eigenvalue weighted by Gasteiger charge is 2.23. The minimum Gasteiger partial charge on any atom is -0.497 e. The number of hydrogen-bond acceptors (Lipinski definition) is 4. The van der Waals surface area contributed by atoms with Crippen LogP contribution in [0.4, 0.5) is 0 Å². The molecule has 0 saturated carbocycles. The van der Waals surface area contributed by atoms with Crippen molar-refractivity contribution in [2.75, 3.05) is 7.11 Å². The van der Waals surface area contributed by atoms with Gasteiger partial charge in [0.1, 0.15) is 5.75 Å². The highest BCUT2D eigenvalue weighted by atomic mass is 16.5. The molecule has 0 fully saturated rings. The molecule has 0 bridgehead atoms.